The van der Waals surface area contributed by atoms with Crippen LogP contribution in [0, 0.1) is 6.92 Å². The van der Waals surface area contributed by atoms with Crippen molar-refractivity contribution in [3.63, 3.8) is 0 Å². The number of benzene rings is 2. The Morgan fingerprint density at radius 1 is 1.28 bits per heavy atom. The summed E-state index contributed by atoms with van der Waals surface area (Å²) >= 11 is 4.75. The molecule has 0 unspecified atom stereocenters. The lowest BCUT2D eigenvalue weighted by Gasteiger charge is -2.10. The first-order valence-corrected chi connectivity index (χ1v) is 10.7. The number of hydrogen-bond acceptors (Lipinski definition) is 5. The molecule has 0 saturated carbocycles. The van der Waals surface area contributed by atoms with E-state index in [1.54, 1.807) is 6.08 Å². The minimum atomic E-state index is -0.101. The summed E-state index contributed by atoms with van der Waals surface area (Å²) in [7, 11) is 0. The van der Waals surface area contributed by atoms with Crippen molar-refractivity contribution in [1.82, 2.24) is 14.8 Å². The Bertz CT molecular complexity index is 992. The Kier molecular flexibility index (Phi) is 7.48. The number of halogens is 1. The van der Waals surface area contributed by atoms with Gasteiger partial charge in [0.1, 0.15) is 12.4 Å². The van der Waals surface area contributed by atoms with Crippen LogP contribution in [0.2, 0.25) is 0 Å². The van der Waals surface area contributed by atoms with Crippen LogP contribution in [0.15, 0.2) is 70.8 Å². The molecule has 3 aromatic rings. The highest BCUT2D eigenvalue weighted by Gasteiger charge is 2.14. The molecule has 0 atom stereocenters. The molecule has 150 valence electrons. The van der Waals surface area contributed by atoms with Crippen molar-refractivity contribution in [2.24, 2.45) is 0 Å². The van der Waals surface area contributed by atoms with Gasteiger partial charge in [-0.05, 0) is 42.8 Å². The second-order valence-corrected chi connectivity index (χ2v) is 8.05. The predicted molar refractivity (Wildman–Crippen MR) is 119 cm³/mol. The third-order valence-corrected chi connectivity index (χ3v) is 5.47. The zero-order valence-corrected chi connectivity index (χ0v) is 18.4. The average Bonchev–Trinajstić information content (AvgIpc) is 3.10. The molecule has 1 amide bonds. The number of thioether (sulfide) groups is 1. The number of nitrogens with zero attached hydrogens (tertiary/aromatic N) is 3. The zero-order valence-electron chi connectivity index (χ0n) is 16.0. The molecule has 3 rings (SSSR count). The Balaban J connectivity index is 1.61. The van der Waals surface area contributed by atoms with Gasteiger partial charge in [0.25, 0.3) is 0 Å². The molecule has 1 aromatic heterocycles. The Morgan fingerprint density at radius 3 is 2.79 bits per heavy atom. The number of anilines is 1. The van der Waals surface area contributed by atoms with Crippen LogP contribution in [0.1, 0.15) is 11.4 Å². The molecule has 6 nitrogen and oxygen atoms in total. The summed E-state index contributed by atoms with van der Waals surface area (Å²) in [4.78, 5) is 12.4. The van der Waals surface area contributed by atoms with Crippen LogP contribution in [0.3, 0.4) is 0 Å². The van der Waals surface area contributed by atoms with Gasteiger partial charge < -0.3 is 10.1 Å². The highest BCUT2D eigenvalue weighted by molar-refractivity contribution is 9.10. The molecule has 1 N–H and O–H groups in total. The van der Waals surface area contributed by atoms with Crippen LogP contribution >= 0.6 is 27.7 Å². The van der Waals surface area contributed by atoms with E-state index in [1.807, 2.05) is 60.0 Å². The van der Waals surface area contributed by atoms with E-state index in [0.29, 0.717) is 17.5 Å². The van der Waals surface area contributed by atoms with Gasteiger partial charge >= 0.3 is 0 Å². The molecule has 8 heteroatoms. The Morgan fingerprint density at radius 2 is 2.07 bits per heavy atom. The van der Waals surface area contributed by atoms with Gasteiger partial charge in [0, 0.05) is 16.7 Å². The number of allylic oxidation sites excluding steroid dienone is 1. The number of para-hydroxylation sites is 1. The van der Waals surface area contributed by atoms with E-state index in [1.165, 1.54) is 11.8 Å². The molecule has 0 radical (unpaired) electrons. The SMILES string of the molecule is C=CCn1c(COc2ccccc2)nnc1SCC(=O)Nc1ccc(Br)cc1C. The van der Waals surface area contributed by atoms with Crippen molar-refractivity contribution < 1.29 is 9.53 Å². The maximum atomic E-state index is 12.4. The first kappa shape index (κ1) is 21.1. The third-order valence-electron chi connectivity index (χ3n) is 4.01. The molecular formula is C21H21BrN4O2S. The molecular weight excluding hydrogens is 452 g/mol. The lowest BCUT2D eigenvalue weighted by atomic mass is 10.2. The van der Waals surface area contributed by atoms with Crippen molar-refractivity contribution in [2.75, 3.05) is 11.1 Å². The fraction of sp³-hybridized carbons (Fsp3) is 0.190. The zero-order chi connectivity index (χ0) is 20.6. The molecule has 1 heterocycles. The second-order valence-electron chi connectivity index (χ2n) is 6.20. The number of aryl methyl sites for hydroxylation is 1. The quantitative estimate of drug-likeness (QED) is 0.356. The molecule has 0 aliphatic rings. The highest BCUT2D eigenvalue weighted by atomic mass is 79.9. The van der Waals surface area contributed by atoms with Gasteiger partial charge in [-0.15, -0.1) is 16.8 Å². The fourth-order valence-corrected chi connectivity index (χ4v) is 3.84. The van der Waals surface area contributed by atoms with Gasteiger partial charge in [-0.25, -0.2) is 0 Å². The molecule has 0 aliphatic carbocycles. The van der Waals surface area contributed by atoms with Gasteiger partial charge in [-0.2, -0.15) is 0 Å². The standard InChI is InChI=1S/C21H21BrN4O2S/c1-3-11-26-19(13-28-17-7-5-4-6-8-17)24-25-21(26)29-14-20(27)23-18-10-9-16(22)12-15(18)2/h3-10,12H,1,11,13-14H2,2H3,(H,23,27). The van der Waals surface area contributed by atoms with Crippen molar-refractivity contribution >= 4 is 39.3 Å². The van der Waals surface area contributed by atoms with E-state index < -0.39 is 0 Å². The number of ether oxygens (including phenoxy) is 1. The summed E-state index contributed by atoms with van der Waals surface area (Å²) < 4.78 is 8.65. The predicted octanol–water partition coefficient (Wildman–Crippen LogP) is 4.84. The third kappa shape index (κ3) is 5.95. The average molecular weight is 473 g/mol. The lowest BCUT2D eigenvalue weighted by Crippen LogP contribution is -2.15. The van der Waals surface area contributed by atoms with E-state index in [0.717, 1.165) is 21.5 Å². The van der Waals surface area contributed by atoms with Crippen LogP contribution in [-0.4, -0.2) is 26.4 Å². The fourth-order valence-electron chi connectivity index (χ4n) is 2.59. The molecule has 0 fully saturated rings. The van der Waals surface area contributed by atoms with Crippen molar-refractivity contribution in [3.05, 3.63) is 77.0 Å². The number of carbonyl (C=O) groups excluding carboxylic acids is 1. The van der Waals surface area contributed by atoms with Crippen LogP contribution in [0.5, 0.6) is 5.75 Å². The summed E-state index contributed by atoms with van der Waals surface area (Å²) in [6, 6.07) is 15.3. The number of carbonyl (C=O) groups is 1. The molecule has 0 bridgehead atoms. The smallest absolute Gasteiger partial charge is 0.234 e. The Labute approximate surface area is 182 Å². The summed E-state index contributed by atoms with van der Waals surface area (Å²) in [5, 5.41) is 12.0. The maximum absolute atomic E-state index is 12.4. The number of hydrogen-bond donors (Lipinski definition) is 1. The van der Waals surface area contributed by atoms with Crippen LogP contribution < -0.4 is 10.1 Å². The molecule has 2 aromatic carbocycles. The number of rotatable bonds is 9. The summed E-state index contributed by atoms with van der Waals surface area (Å²) in [5.41, 5.74) is 1.79. The molecule has 0 aliphatic heterocycles. The van der Waals surface area contributed by atoms with Crippen LogP contribution in [-0.2, 0) is 17.9 Å². The molecule has 29 heavy (non-hydrogen) atoms. The second kappa shape index (κ2) is 10.3. The van der Waals surface area contributed by atoms with Gasteiger partial charge in [0.2, 0.25) is 5.91 Å². The summed E-state index contributed by atoms with van der Waals surface area (Å²) in [5.74, 6) is 1.57. The lowest BCUT2D eigenvalue weighted by molar-refractivity contribution is -0.113. The largest absolute Gasteiger partial charge is 0.486 e. The monoisotopic (exact) mass is 472 g/mol. The molecule has 0 saturated heterocycles. The van der Waals surface area contributed by atoms with E-state index in [4.69, 9.17) is 4.74 Å². The minimum Gasteiger partial charge on any atom is -0.486 e. The number of amides is 1. The minimum absolute atomic E-state index is 0.101. The van der Waals surface area contributed by atoms with Gasteiger partial charge in [0.05, 0.1) is 5.75 Å². The first-order valence-electron chi connectivity index (χ1n) is 8.96. The highest BCUT2D eigenvalue weighted by Crippen LogP contribution is 2.22. The van der Waals surface area contributed by atoms with E-state index in [-0.39, 0.29) is 18.3 Å². The number of nitrogens with one attached hydrogen (secondary N) is 1. The van der Waals surface area contributed by atoms with Gasteiger partial charge in [-0.1, -0.05) is 52.0 Å². The number of aromatic nitrogens is 3. The molecule has 0 spiro atoms. The van der Waals surface area contributed by atoms with E-state index in [2.05, 4.69) is 38.0 Å². The van der Waals surface area contributed by atoms with Crippen molar-refractivity contribution in [2.45, 2.75) is 25.2 Å². The Hall–Kier alpha value is -2.58. The van der Waals surface area contributed by atoms with Crippen molar-refractivity contribution in [1.29, 1.82) is 0 Å². The summed E-state index contributed by atoms with van der Waals surface area (Å²) in [6.07, 6.45) is 1.77. The van der Waals surface area contributed by atoms with Crippen LogP contribution in [0.4, 0.5) is 5.69 Å². The topological polar surface area (TPSA) is 69.0 Å². The first-order chi connectivity index (χ1) is 14.1. The van der Waals surface area contributed by atoms with Gasteiger partial charge in [-0.3, -0.25) is 9.36 Å². The van der Waals surface area contributed by atoms with Crippen molar-refractivity contribution in [3.8, 4) is 5.75 Å². The van der Waals surface area contributed by atoms with E-state index in [9.17, 15) is 4.79 Å². The maximum Gasteiger partial charge on any atom is 0.234 e. The normalized spacial score (nSPS) is 10.6. The van der Waals surface area contributed by atoms with Gasteiger partial charge in [0.15, 0.2) is 11.0 Å². The van der Waals surface area contributed by atoms with Crippen LogP contribution in [0.25, 0.3) is 0 Å². The van der Waals surface area contributed by atoms with E-state index >= 15 is 0 Å². The summed E-state index contributed by atoms with van der Waals surface area (Å²) in [6.45, 7) is 6.57.